The van der Waals surface area contributed by atoms with Crippen LogP contribution in [0.1, 0.15) is 51.6 Å². The fourth-order valence-electron chi connectivity index (χ4n) is 3.13. The van der Waals surface area contributed by atoms with E-state index in [9.17, 15) is 9.59 Å². The second-order valence-corrected chi connectivity index (χ2v) is 7.28. The lowest BCUT2D eigenvalue weighted by Gasteiger charge is -2.24. The number of rotatable bonds is 4. The molecule has 0 amide bonds. The van der Waals surface area contributed by atoms with E-state index in [1.807, 2.05) is 12.1 Å². The number of hydrogen-bond acceptors (Lipinski definition) is 4. The maximum atomic E-state index is 12.6. The molecule has 3 rings (SSSR count). The van der Waals surface area contributed by atoms with Gasteiger partial charge in [0.05, 0.1) is 4.91 Å². The number of benzene rings is 1. The van der Waals surface area contributed by atoms with E-state index in [1.54, 1.807) is 0 Å². The molecule has 0 aromatic heterocycles. The van der Waals surface area contributed by atoms with Gasteiger partial charge >= 0.3 is 0 Å². The Hall–Kier alpha value is -1.39. The standard InChI is InChI=1S/C18H20O3S/c1-11-3-4-12-8-14-15(9-13(12)7-11)18(21)17(10-16(14)20)22-6-2-5-19/h8-11,19H,2-7H2,1H3. The van der Waals surface area contributed by atoms with Crippen LogP contribution < -0.4 is 0 Å². The monoisotopic (exact) mass is 316 g/mol. The zero-order chi connectivity index (χ0) is 15.7. The Morgan fingerprint density at radius 3 is 2.77 bits per heavy atom. The van der Waals surface area contributed by atoms with Gasteiger partial charge < -0.3 is 5.11 Å². The number of hydrogen-bond donors (Lipinski definition) is 1. The van der Waals surface area contributed by atoms with E-state index in [-0.39, 0.29) is 18.2 Å². The number of aryl methyl sites for hydroxylation is 1. The number of ketones is 2. The Labute approximate surface area is 134 Å². The Balaban J connectivity index is 1.92. The molecule has 0 fully saturated rings. The van der Waals surface area contributed by atoms with Crippen molar-refractivity contribution < 1.29 is 14.7 Å². The third-order valence-corrected chi connectivity index (χ3v) is 5.48. The molecule has 1 aromatic carbocycles. The molecule has 1 aromatic rings. The van der Waals surface area contributed by atoms with Crippen molar-refractivity contribution in [1.29, 1.82) is 0 Å². The molecule has 0 aliphatic heterocycles. The smallest absolute Gasteiger partial charge is 0.200 e. The van der Waals surface area contributed by atoms with Crippen LogP contribution in [0.15, 0.2) is 23.1 Å². The number of allylic oxidation sites excluding steroid dienone is 2. The highest BCUT2D eigenvalue weighted by atomic mass is 32.2. The Bertz CT molecular complexity index is 661. The van der Waals surface area contributed by atoms with Crippen LogP contribution in [0.3, 0.4) is 0 Å². The van der Waals surface area contributed by atoms with E-state index < -0.39 is 0 Å². The number of thioether (sulfide) groups is 1. The molecule has 1 atom stereocenters. The zero-order valence-corrected chi connectivity index (χ0v) is 13.5. The van der Waals surface area contributed by atoms with Gasteiger partial charge in [-0.1, -0.05) is 6.92 Å². The van der Waals surface area contributed by atoms with Crippen molar-refractivity contribution in [1.82, 2.24) is 0 Å². The fraction of sp³-hybridized carbons (Fsp3) is 0.444. The molecule has 0 spiro atoms. The van der Waals surface area contributed by atoms with E-state index in [0.29, 0.717) is 34.1 Å². The summed E-state index contributed by atoms with van der Waals surface area (Å²) in [5.74, 6) is 1.17. The SMILES string of the molecule is CC1CCc2cc3c(cc2C1)C(=O)C(SCCCO)=CC3=O. The molecule has 1 N–H and O–H groups in total. The molecule has 2 aliphatic rings. The molecular weight excluding hydrogens is 296 g/mol. The minimum atomic E-state index is -0.0671. The van der Waals surface area contributed by atoms with Gasteiger partial charge in [-0.3, -0.25) is 9.59 Å². The van der Waals surface area contributed by atoms with Crippen molar-refractivity contribution in [3.8, 4) is 0 Å². The van der Waals surface area contributed by atoms with E-state index in [0.717, 1.165) is 19.3 Å². The minimum absolute atomic E-state index is 0.0430. The average molecular weight is 316 g/mol. The molecule has 0 heterocycles. The summed E-state index contributed by atoms with van der Waals surface area (Å²) in [5, 5.41) is 8.84. The predicted octanol–water partition coefficient (Wildman–Crippen LogP) is 3.19. The van der Waals surface area contributed by atoms with Gasteiger partial charge in [-0.2, -0.15) is 0 Å². The van der Waals surface area contributed by atoms with E-state index in [2.05, 4.69) is 6.92 Å². The average Bonchev–Trinajstić information content (AvgIpc) is 2.51. The minimum Gasteiger partial charge on any atom is -0.396 e. The first kappa shape index (κ1) is 15.5. The van der Waals surface area contributed by atoms with Gasteiger partial charge in [-0.05, 0) is 54.9 Å². The molecule has 4 heteroatoms. The van der Waals surface area contributed by atoms with Crippen LogP contribution in [0.2, 0.25) is 0 Å². The number of aliphatic hydroxyl groups is 1. The van der Waals surface area contributed by atoms with Gasteiger partial charge in [0.15, 0.2) is 11.6 Å². The first-order valence-corrected chi connectivity index (χ1v) is 8.79. The van der Waals surface area contributed by atoms with Gasteiger partial charge in [0.1, 0.15) is 0 Å². The van der Waals surface area contributed by atoms with Crippen molar-refractivity contribution in [3.05, 3.63) is 45.4 Å². The zero-order valence-electron chi connectivity index (χ0n) is 12.7. The summed E-state index contributed by atoms with van der Waals surface area (Å²) < 4.78 is 0. The molecule has 0 bridgehead atoms. The van der Waals surface area contributed by atoms with Crippen LogP contribution in [-0.4, -0.2) is 29.0 Å². The molecule has 116 valence electrons. The lowest BCUT2D eigenvalue weighted by Crippen LogP contribution is -2.20. The highest BCUT2D eigenvalue weighted by Gasteiger charge is 2.28. The maximum absolute atomic E-state index is 12.6. The second-order valence-electron chi connectivity index (χ2n) is 6.14. The molecule has 0 radical (unpaired) electrons. The van der Waals surface area contributed by atoms with Crippen molar-refractivity contribution in [2.45, 2.75) is 32.6 Å². The van der Waals surface area contributed by atoms with Gasteiger partial charge in [0.25, 0.3) is 0 Å². The topological polar surface area (TPSA) is 54.4 Å². The number of aliphatic hydroxyl groups excluding tert-OH is 1. The van der Waals surface area contributed by atoms with E-state index >= 15 is 0 Å². The van der Waals surface area contributed by atoms with Crippen LogP contribution in [0, 0.1) is 5.92 Å². The van der Waals surface area contributed by atoms with Crippen LogP contribution in [-0.2, 0) is 12.8 Å². The van der Waals surface area contributed by atoms with E-state index in [1.165, 1.54) is 29.0 Å². The summed E-state index contributed by atoms with van der Waals surface area (Å²) in [6.45, 7) is 2.33. The third-order valence-electron chi connectivity index (χ3n) is 4.37. The molecule has 0 saturated carbocycles. The van der Waals surface area contributed by atoms with E-state index in [4.69, 9.17) is 5.11 Å². The van der Waals surface area contributed by atoms with Gasteiger partial charge in [-0.15, -0.1) is 11.8 Å². The summed E-state index contributed by atoms with van der Waals surface area (Å²) in [6, 6.07) is 3.88. The molecular formula is C18H20O3S. The van der Waals surface area contributed by atoms with Crippen LogP contribution in [0.4, 0.5) is 0 Å². The summed E-state index contributed by atoms with van der Waals surface area (Å²) in [7, 11) is 0. The number of carbonyl (C=O) groups is 2. The molecule has 2 aliphatic carbocycles. The van der Waals surface area contributed by atoms with Gasteiger partial charge in [0.2, 0.25) is 0 Å². The lowest BCUT2D eigenvalue weighted by molar-refractivity contribution is 0.0991. The normalized spacial score (nSPS) is 20.5. The summed E-state index contributed by atoms with van der Waals surface area (Å²) >= 11 is 1.37. The first-order valence-electron chi connectivity index (χ1n) is 7.80. The second kappa shape index (κ2) is 6.39. The highest BCUT2D eigenvalue weighted by Crippen LogP contribution is 2.33. The van der Waals surface area contributed by atoms with Gasteiger partial charge in [0, 0.05) is 29.6 Å². The summed E-state index contributed by atoms with van der Waals surface area (Å²) in [5.41, 5.74) is 3.57. The Kier molecular flexibility index (Phi) is 4.50. The van der Waals surface area contributed by atoms with Crippen LogP contribution >= 0.6 is 11.8 Å². The van der Waals surface area contributed by atoms with Crippen molar-refractivity contribution >= 4 is 23.3 Å². The van der Waals surface area contributed by atoms with Crippen molar-refractivity contribution in [3.63, 3.8) is 0 Å². The van der Waals surface area contributed by atoms with Crippen LogP contribution in [0.5, 0.6) is 0 Å². The molecule has 22 heavy (non-hydrogen) atoms. The fourth-order valence-corrected chi connectivity index (χ4v) is 4.06. The molecule has 0 saturated heterocycles. The molecule has 1 unspecified atom stereocenters. The highest BCUT2D eigenvalue weighted by molar-refractivity contribution is 8.04. The third kappa shape index (κ3) is 2.90. The largest absolute Gasteiger partial charge is 0.396 e. The van der Waals surface area contributed by atoms with Crippen molar-refractivity contribution in [2.24, 2.45) is 5.92 Å². The van der Waals surface area contributed by atoms with Gasteiger partial charge in [-0.25, -0.2) is 0 Å². The maximum Gasteiger partial charge on any atom is 0.200 e. The molecule has 3 nitrogen and oxygen atoms in total. The summed E-state index contributed by atoms with van der Waals surface area (Å²) in [4.78, 5) is 25.5. The predicted molar refractivity (Wildman–Crippen MR) is 88.5 cm³/mol. The summed E-state index contributed by atoms with van der Waals surface area (Å²) in [6.07, 6.45) is 5.21. The Morgan fingerprint density at radius 2 is 2.00 bits per heavy atom. The number of Topliss-reactive ketones (excluding diaryl/α,β-unsaturated/α-hetero) is 1. The first-order chi connectivity index (χ1) is 10.6. The quantitative estimate of drug-likeness (QED) is 0.867. The lowest BCUT2D eigenvalue weighted by atomic mass is 9.81. The Morgan fingerprint density at radius 1 is 1.23 bits per heavy atom. The number of fused-ring (bicyclic) bond motifs is 2. The van der Waals surface area contributed by atoms with Crippen molar-refractivity contribution in [2.75, 3.05) is 12.4 Å². The van der Waals surface area contributed by atoms with Crippen LogP contribution in [0.25, 0.3) is 0 Å². The number of carbonyl (C=O) groups excluding carboxylic acids is 2.